The van der Waals surface area contributed by atoms with Gasteiger partial charge in [-0.3, -0.25) is 14.4 Å². The van der Waals surface area contributed by atoms with Crippen molar-refractivity contribution in [2.75, 3.05) is 13.7 Å². The van der Waals surface area contributed by atoms with Gasteiger partial charge in [0, 0.05) is 0 Å². The predicted octanol–water partition coefficient (Wildman–Crippen LogP) is 0.356. The van der Waals surface area contributed by atoms with Gasteiger partial charge in [-0.1, -0.05) is 6.07 Å². The summed E-state index contributed by atoms with van der Waals surface area (Å²) in [6.45, 7) is 1.65. The van der Waals surface area contributed by atoms with Gasteiger partial charge in [0.25, 0.3) is 0 Å². The van der Waals surface area contributed by atoms with Crippen LogP contribution in [0.1, 0.15) is 25.3 Å². The lowest BCUT2D eigenvalue weighted by atomic mass is 10.1. The first-order valence-corrected chi connectivity index (χ1v) is 8.08. The highest BCUT2D eigenvalue weighted by atomic mass is 16.5. The number of phenols is 1. The van der Waals surface area contributed by atoms with Crippen molar-refractivity contribution in [3.8, 4) is 11.5 Å². The second-order valence-corrected chi connectivity index (χ2v) is 5.78. The van der Waals surface area contributed by atoms with Gasteiger partial charge in [0.1, 0.15) is 6.04 Å². The fourth-order valence-corrected chi connectivity index (χ4v) is 2.27. The van der Waals surface area contributed by atoms with Crippen LogP contribution in [0.15, 0.2) is 18.2 Å². The van der Waals surface area contributed by atoms with E-state index >= 15 is 0 Å². The lowest BCUT2D eigenvalue weighted by Gasteiger charge is -2.18. The molecule has 1 amide bonds. The molecule has 0 heterocycles. The Hall–Kier alpha value is -2.81. The number of nitrogens with one attached hydrogen (secondary N) is 2. The molecule has 1 aromatic carbocycles. The zero-order valence-corrected chi connectivity index (χ0v) is 14.7. The zero-order chi connectivity index (χ0) is 19.7. The Morgan fingerprint density at radius 3 is 2.46 bits per heavy atom. The Balaban J connectivity index is 2.53. The third kappa shape index (κ3) is 6.98. The Labute approximate surface area is 151 Å². The smallest absolute Gasteiger partial charge is 0.325 e. The molecule has 144 valence electrons. The van der Waals surface area contributed by atoms with Gasteiger partial charge in [0.15, 0.2) is 11.5 Å². The average molecular weight is 368 g/mol. The first-order valence-electron chi connectivity index (χ1n) is 8.08. The SMILES string of the molecule is COc1ccc(CCCN[C@@H](CC(=O)O)C(=O)N[C@@H](C)C(=O)O)cc1O. The van der Waals surface area contributed by atoms with E-state index in [0.717, 1.165) is 5.56 Å². The maximum atomic E-state index is 12.0. The molecule has 1 rings (SSSR count). The number of carboxylic acids is 2. The number of aliphatic carboxylic acids is 2. The van der Waals surface area contributed by atoms with E-state index in [1.807, 2.05) is 0 Å². The minimum atomic E-state index is -1.20. The standard InChI is InChI=1S/C17H24N2O7/c1-10(17(24)25)19-16(23)12(9-15(21)22)18-7-3-4-11-5-6-14(26-2)13(20)8-11/h5-6,8,10,12,18,20H,3-4,7,9H2,1-2H3,(H,19,23)(H,21,22)(H,24,25)/t10-,12-/m0/s1. The molecule has 5 N–H and O–H groups in total. The molecule has 26 heavy (non-hydrogen) atoms. The number of carbonyl (C=O) groups excluding carboxylic acids is 1. The summed E-state index contributed by atoms with van der Waals surface area (Å²) < 4.78 is 4.96. The maximum absolute atomic E-state index is 12.0. The minimum absolute atomic E-state index is 0.0312. The molecular formula is C17H24N2O7. The van der Waals surface area contributed by atoms with Crippen LogP contribution < -0.4 is 15.4 Å². The van der Waals surface area contributed by atoms with Crippen LogP contribution in [0.4, 0.5) is 0 Å². The van der Waals surface area contributed by atoms with Crippen LogP contribution in [0.5, 0.6) is 11.5 Å². The van der Waals surface area contributed by atoms with Gasteiger partial charge in [0.2, 0.25) is 5.91 Å². The molecule has 0 spiro atoms. The zero-order valence-electron chi connectivity index (χ0n) is 14.7. The summed E-state index contributed by atoms with van der Waals surface area (Å²) in [5.74, 6) is -2.64. The molecule has 0 fully saturated rings. The lowest BCUT2D eigenvalue weighted by Crippen LogP contribution is -2.50. The highest BCUT2D eigenvalue weighted by Gasteiger charge is 2.24. The number of carboxylic acid groups (broad SMARTS) is 2. The molecule has 0 bridgehead atoms. The van der Waals surface area contributed by atoms with Gasteiger partial charge in [-0.2, -0.15) is 0 Å². The van der Waals surface area contributed by atoms with E-state index in [1.165, 1.54) is 14.0 Å². The summed E-state index contributed by atoms with van der Waals surface area (Å²) in [6.07, 6.45) is 0.725. The van der Waals surface area contributed by atoms with Gasteiger partial charge < -0.3 is 30.7 Å². The van der Waals surface area contributed by atoms with Gasteiger partial charge in [0.05, 0.1) is 19.6 Å². The maximum Gasteiger partial charge on any atom is 0.325 e. The molecule has 2 atom stereocenters. The molecule has 0 aliphatic heterocycles. The number of ether oxygens (including phenoxy) is 1. The molecule has 1 aromatic rings. The first-order chi connectivity index (χ1) is 12.2. The molecular weight excluding hydrogens is 344 g/mol. The summed E-state index contributed by atoms with van der Waals surface area (Å²) in [4.78, 5) is 33.7. The van der Waals surface area contributed by atoms with Crippen molar-refractivity contribution in [2.45, 2.75) is 38.3 Å². The van der Waals surface area contributed by atoms with Crippen LogP contribution in [0.2, 0.25) is 0 Å². The predicted molar refractivity (Wildman–Crippen MR) is 92.3 cm³/mol. The summed E-state index contributed by atoms with van der Waals surface area (Å²) >= 11 is 0. The van der Waals surface area contributed by atoms with Crippen molar-refractivity contribution in [1.29, 1.82) is 0 Å². The number of hydrogen-bond donors (Lipinski definition) is 5. The molecule has 9 nitrogen and oxygen atoms in total. The van der Waals surface area contributed by atoms with Crippen LogP contribution >= 0.6 is 0 Å². The average Bonchev–Trinajstić information content (AvgIpc) is 2.57. The molecule has 0 radical (unpaired) electrons. The number of methoxy groups -OCH3 is 1. The van der Waals surface area contributed by atoms with Crippen molar-refractivity contribution in [2.24, 2.45) is 0 Å². The normalized spacial score (nSPS) is 12.8. The van der Waals surface area contributed by atoms with Crippen molar-refractivity contribution in [3.05, 3.63) is 23.8 Å². The van der Waals surface area contributed by atoms with Crippen molar-refractivity contribution in [1.82, 2.24) is 10.6 Å². The van der Waals surface area contributed by atoms with Crippen molar-refractivity contribution < 1.29 is 34.4 Å². The van der Waals surface area contributed by atoms with Crippen molar-refractivity contribution in [3.63, 3.8) is 0 Å². The molecule has 0 unspecified atom stereocenters. The highest BCUT2D eigenvalue weighted by Crippen LogP contribution is 2.26. The number of carbonyl (C=O) groups is 3. The number of amides is 1. The van der Waals surface area contributed by atoms with E-state index in [0.29, 0.717) is 25.1 Å². The Kier molecular flexibility index (Phi) is 8.36. The Bertz CT molecular complexity index is 648. The van der Waals surface area contributed by atoms with Gasteiger partial charge in [-0.05, 0) is 44.0 Å². The topological polar surface area (TPSA) is 145 Å². The second kappa shape index (κ2) is 10.2. The number of aryl methyl sites for hydroxylation is 1. The number of aromatic hydroxyl groups is 1. The molecule has 0 aromatic heterocycles. The molecule has 0 aliphatic rings. The van der Waals surface area contributed by atoms with Crippen LogP contribution in [-0.4, -0.2) is 58.9 Å². The van der Waals surface area contributed by atoms with Gasteiger partial charge in [-0.25, -0.2) is 0 Å². The molecule has 0 saturated heterocycles. The van der Waals surface area contributed by atoms with Gasteiger partial charge in [-0.15, -0.1) is 0 Å². The van der Waals surface area contributed by atoms with Crippen LogP contribution in [-0.2, 0) is 20.8 Å². The van der Waals surface area contributed by atoms with Crippen LogP contribution in [0.25, 0.3) is 0 Å². The molecule has 9 heteroatoms. The summed E-state index contributed by atoms with van der Waals surface area (Å²) in [7, 11) is 1.46. The van der Waals surface area contributed by atoms with Crippen LogP contribution in [0, 0.1) is 0 Å². The number of hydrogen-bond acceptors (Lipinski definition) is 6. The number of rotatable bonds is 11. The third-order valence-electron chi connectivity index (χ3n) is 3.70. The largest absolute Gasteiger partial charge is 0.504 e. The van der Waals surface area contributed by atoms with E-state index in [-0.39, 0.29) is 5.75 Å². The summed E-state index contributed by atoms with van der Waals surface area (Å²) in [6, 6.07) is 2.89. The number of benzene rings is 1. The quantitative estimate of drug-likeness (QED) is 0.352. The van der Waals surface area contributed by atoms with E-state index in [9.17, 15) is 19.5 Å². The summed E-state index contributed by atoms with van der Waals surface area (Å²) in [5, 5.41) is 32.5. The third-order valence-corrected chi connectivity index (χ3v) is 3.70. The Morgan fingerprint density at radius 1 is 1.23 bits per heavy atom. The van der Waals surface area contributed by atoms with E-state index in [2.05, 4.69) is 10.6 Å². The Morgan fingerprint density at radius 2 is 1.92 bits per heavy atom. The van der Waals surface area contributed by atoms with E-state index in [1.54, 1.807) is 18.2 Å². The fourth-order valence-electron chi connectivity index (χ4n) is 2.27. The monoisotopic (exact) mass is 368 g/mol. The molecule has 0 saturated carbocycles. The number of phenolic OH excluding ortho intramolecular Hbond substituents is 1. The summed E-state index contributed by atoms with van der Waals surface area (Å²) in [5.41, 5.74) is 0.865. The minimum Gasteiger partial charge on any atom is -0.504 e. The van der Waals surface area contributed by atoms with Crippen LogP contribution in [0.3, 0.4) is 0 Å². The second-order valence-electron chi connectivity index (χ2n) is 5.78. The first kappa shape index (κ1) is 21.2. The van der Waals surface area contributed by atoms with Crippen molar-refractivity contribution >= 4 is 17.8 Å². The lowest BCUT2D eigenvalue weighted by molar-refractivity contribution is -0.142. The fraction of sp³-hybridized carbons (Fsp3) is 0.471. The van der Waals surface area contributed by atoms with Gasteiger partial charge >= 0.3 is 11.9 Å². The van der Waals surface area contributed by atoms with E-state index in [4.69, 9.17) is 14.9 Å². The van der Waals surface area contributed by atoms with E-state index < -0.39 is 36.4 Å². The highest BCUT2D eigenvalue weighted by molar-refractivity contribution is 5.89. The molecule has 0 aliphatic carbocycles.